The van der Waals surface area contributed by atoms with Crippen molar-refractivity contribution in [3.63, 3.8) is 0 Å². The number of carbonyl (C=O) groups is 3. The Bertz CT molecular complexity index is 1620. The van der Waals surface area contributed by atoms with Gasteiger partial charge in [0, 0.05) is 44.4 Å². The van der Waals surface area contributed by atoms with Crippen molar-refractivity contribution in [2.75, 3.05) is 32.7 Å². The summed E-state index contributed by atoms with van der Waals surface area (Å²) in [6.07, 6.45) is 0. The maximum Gasteiger partial charge on any atom is 0.275 e. The number of carbonyl (C=O) groups excluding carboxylic acids is 3. The Labute approximate surface area is 221 Å². The smallest absolute Gasteiger partial charge is 0.275 e. The van der Waals surface area contributed by atoms with Crippen LogP contribution in [0.15, 0.2) is 59.4 Å². The summed E-state index contributed by atoms with van der Waals surface area (Å²) in [5.41, 5.74) is 3.16. The number of aromatic nitrogens is 3. The van der Waals surface area contributed by atoms with Crippen molar-refractivity contribution in [1.82, 2.24) is 29.3 Å². The molecule has 0 saturated carbocycles. The first-order chi connectivity index (χ1) is 18.4. The van der Waals surface area contributed by atoms with Crippen LogP contribution in [-0.4, -0.2) is 79.7 Å². The van der Waals surface area contributed by atoms with Crippen LogP contribution < -0.4 is 5.56 Å². The first kappa shape index (κ1) is 24.1. The molecule has 4 aromatic rings. The number of imide groups is 1. The largest absolute Gasteiger partial charge is 0.339 e. The van der Waals surface area contributed by atoms with Gasteiger partial charge in [-0.15, -0.1) is 0 Å². The summed E-state index contributed by atoms with van der Waals surface area (Å²) in [5, 5.41) is 5.22. The minimum Gasteiger partial charge on any atom is -0.339 e. The van der Waals surface area contributed by atoms with E-state index < -0.39 is 11.8 Å². The molecule has 192 valence electrons. The van der Waals surface area contributed by atoms with Gasteiger partial charge in [-0.25, -0.2) is 4.98 Å². The molecule has 0 aliphatic carbocycles. The summed E-state index contributed by atoms with van der Waals surface area (Å²) in [7, 11) is 0. The topological polar surface area (TPSA) is 108 Å². The zero-order valence-corrected chi connectivity index (χ0v) is 21.5. The van der Waals surface area contributed by atoms with Crippen molar-refractivity contribution in [1.29, 1.82) is 0 Å². The highest BCUT2D eigenvalue weighted by atomic mass is 32.1. The highest BCUT2D eigenvalue weighted by molar-refractivity contribution is 7.19. The van der Waals surface area contributed by atoms with Crippen LogP contribution >= 0.6 is 11.3 Å². The predicted octanol–water partition coefficient (Wildman–Crippen LogP) is 2.07. The summed E-state index contributed by atoms with van der Waals surface area (Å²) in [6.45, 7) is 4.31. The molecular formula is C27H24N6O4S. The van der Waals surface area contributed by atoms with Crippen LogP contribution in [0, 0.1) is 6.92 Å². The molecule has 2 aromatic heterocycles. The molecule has 0 unspecified atom stereocenters. The van der Waals surface area contributed by atoms with Crippen LogP contribution in [0.2, 0.25) is 0 Å². The molecule has 3 amide bonds. The number of hydrogen-bond donors (Lipinski definition) is 0. The standard InChI is InChI=1S/C27H24N6O4S/c1-17-6-2-3-7-19(17)24-29-33-22(34)14-18(28-27(33)38-24)15-30-10-12-31(13-11-30)23(35)16-32-25(36)20-8-4-5-9-21(20)26(32)37/h2-9,14H,10-13,15-16H2,1H3. The Morgan fingerprint density at radius 1 is 0.895 bits per heavy atom. The van der Waals surface area contributed by atoms with Gasteiger partial charge in [0.2, 0.25) is 10.9 Å². The number of hydrogen-bond acceptors (Lipinski definition) is 8. The van der Waals surface area contributed by atoms with Crippen molar-refractivity contribution >= 4 is 34.0 Å². The van der Waals surface area contributed by atoms with Gasteiger partial charge < -0.3 is 4.90 Å². The Kier molecular flexibility index (Phi) is 6.09. The summed E-state index contributed by atoms with van der Waals surface area (Å²) in [6, 6.07) is 16.0. The van der Waals surface area contributed by atoms with Crippen molar-refractivity contribution in [3.05, 3.63) is 87.3 Å². The number of piperazine rings is 1. The fraction of sp³-hybridized carbons (Fsp3) is 0.259. The average Bonchev–Trinajstić information content (AvgIpc) is 3.45. The zero-order chi connectivity index (χ0) is 26.4. The number of rotatable bonds is 5. The fourth-order valence-corrected chi connectivity index (χ4v) is 5.88. The van der Waals surface area contributed by atoms with Gasteiger partial charge in [-0.1, -0.05) is 47.7 Å². The molecule has 0 spiro atoms. The van der Waals surface area contributed by atoms with E-state index in [-0.39, 0.29) is 18.0 Å². The van der Waals surface area contributed by atoms with E-state index in [1.807, 2.05) is 31.2 Å². The second kappa shape index (κ2) is 9.58. The third-order valence-electron chi connectivity index (χ3n) is 6.96. The van der Waals surface area contributed by atoms with Gasteiger partial charge in [-0.05, 0) is 24.6 Å². The van der Waals surface area contributed by atoms with Gasteiger partial charge in [0.05, 0.1) is 16.8 Å². The van der Waals surface area contributed by atoms with E-state index in [1.165, 1.54) is 21.9 Å². The normalized spacial score (nSPS) is 15.9. The van der Waals surface area contributed by atoms with Gasteiger partial charge in [0.25, 0.3) is 17.4 Å². The van der Waals surface area contributed by atoms with Gasteiger partial charge in [-0.2, -0.15) is 9.61 Å². The highest BCUT2D eigenvalue weighted by Crippen LogP contribution is 2.27. The van der Waals surface area contributed by atoms with Crippen molar-refractivity contribution in [2.24, 2.45) is 0 Å². The third-order valence-corrected chi connectivity index (χ3v) is 7.90. The van der Waals surface area contributed by atoms with Gasteiger partial charge in [0.15, 0.2) is 0 Å². The minimum atomic E-state index is -0.431. The lowest BCUT2D eigenvalue weighted by Gasteiger charge is -2.35. The van der Waals surface area contributed by atoms with E-state index in [9.17, 15) is 19.2 Å². The summed E-state index contributed by atoms with van der Waals surface area (Å²) >= 11 is 1.38. The summed E-state index contributed by atoms with van der Waals surface area (Å²) in [4.78, 5) is 60.9. The third kappa shape index (κ3) is 4.29. The van der Waals surface area contributed by atoms with Gasteiger partial charge in [0.1, 0.15) is 11.6 Å². The van der Waals surface area contributed by atoms with Crippen molar-refractivity contribution in [2.45, 2.75) is 13.5 Å². The second-order valence-corrected chi connectivity index (χ2v) is 10.4. The molecule has 2 aromatic carbocycles. The van der Waals surface area contributed by atoms with E-state index in [4.69, 9.17) is 0 Å². The molecule has 2 aliphatic heterocycles. The fourth-order valence-electron chi connectivity index (χ4n) is 4.86. The molecule has 4 heterocycles. The molecule has 0 N–H and O–H groups in total. The molecule has 2 aliphatic rings. The number of nitrogens with zero attached hydrogens (tertiary/aromatic N) is 6. The Morgan fingerprint density at radius 2 is 1.53 bits per heavy atom. The molecule has 0 radical (unpaired) electrons. The Hall–Kier alpha value is -4.22. The lowest BCUT2D eigenvalue weighted by molar-refractivity contribution is -0.133. The first-order valence-corrected chi connectivity index (χ1v) is 13.1. The first-order valence-electron chi connectivity index (χ1n) is 12.3. The zero-order valence-electron chi connectivity index (χ0n) is 20.7. The minimum absolute atomic E-state index is 0.226. The monoisotopic (exact) mass is 528 g/mol. The SMILES string of the molecule is Cc1ccccc1-c1nn2c(=O)cc(CN3CCN(C(=O)CN4C(=O)c5ccccc5C4=O)CC3)nc2s1. The van der Waals surface area contributed by atoms with E-state index in [0.29, 0.717) is 54.5 Å². The summed E-state index contributed by atoms with van der Waals surface area (Å²) in [5.74, 6) is -1.12. The molecule has 1 fully saturated rings. The predicted molar refractivity (Wildman–Crippen MR) is 141 cm³/mol. The molecular weight excluding hydrogens is 504 g/mol. The van der Waals surface area contributed by atoms with Gasteiger partial charge >= 0.3 is 0 Å². The van der Waals surface area contributed by atoms with Crippen LogP contribution in [0.4, 0.5) is 0 Å². The van der Waals surface area contributed by atoms with Crippen LogP contribution in [0.3, 0.4) is 0 Å². The van der Waals surface area contributed by atoms with E-state index in [0.717, 1.165) is 21.0 Å². The van der Waals surface area contributed by atoms with Crippen LogP contribution in [0.1, 0.15) is 32.0 Å². The lowest BCUT2D eigenvalue weighted by Crippen LogP contribution is -2.51. The Balaban J connectivity index is 1.09. The van der Waals surface area contributed by atoms with Crippen molar-refractivity contribution in [3.8, 4) is 10.6 Å². The Morgan fingerprint density at radius 3 is 2.18 bits per heavy atom. The number of fused-ring (bicyclic) bond motifs is 2. The number of benzene rings is 2. The van der Waals surface area contributed by atoms with E-state index >= 15 is 0 Å². The lowest BCUT2D eigenvalue weighted by atomic mass is 10.1. The van der Waals surface area contributed by atoms with Crippen LogP contribution in [0.5, 0.6) is 0 Å². The average molecular weight is 529 g/mol. The molecule has 0 bridgehead atoms. The van der Waals surface area contributed by atoms with E-state index in [2.05, 4.69) is 15.0 Å². The van der Waals surface area contributed by atoms with Gasteiger partial charge in [-0.3, -0.25) is 29.0 Å². The molecule has 10 nitrogen and oxygen atoms in total. The quantitative estimate of drug-likeness (QED) is 0.365. The number of amides is 3. The van der Waals surface area contributed by atoms with Crippen molar-refractivity contribution < 1.29 is 14.4 Å². The maximum atomic E-state index is 12.9. The maximum absolute atomic E-state index is 12.9. The summed E-state index contributed by atoms with van der Waals surface area (Å²) < 4.78 is 1.34. The molecule has 38 heavy (non-hydrogen) atoms. The van der Waals surface area contributed by atoms with Crippen LogP contribution in [-0.2, 0) is 11.3 Å². The molecule has 1 saturated heterocycles. The second-order valence-electron chi connectivity index (χ2n) is 9.40. The van der Waals surface area contributed by atoms with E-state index in [1.54, 1.807) is 29.2 Å². The highest BCUT2D eigenvalue weighted by Gasteiger charge is 2.37. The molecule has 11 heteroatoms. The molecule has 6 rings (SSSR count). The van der Waals surface area contributed by atoms with Crippen LogP contribution in [0.25, 0.3) is 15.5 Å². The number of aryl methyl sites for hydroxylation is 1. The molecule has 0 atom stereocenters.